The van der Waals surface area contributed by atoms with Crippen molar-refractivity contribution in [3.8, 4) is 0 Å². The fraction of sp³-hybridized carbons (Fsp3) is 0.588. The maximum atomic E-state index is 12.1. The van der Waals surface area contributed by atoms with Gasteiger partial charge < -0.3 is 14.7 Å². The highest BCUT2D eigenvalue weighted by Crippen LogP contribution is 2.40. The number of nitrogens with zero attached hydrogens (tertiary/aromatic N) is 1. The van der Waals surface area contributed by atoms with E-state index in [-0.39, 0.29) is 17.4 Å². The molecule has 1 saturated heterocycles. The second-order valence-corrected chi connectivity index (χ2v) is 8.27. The molecule has 0 bridgehead atoms. The van der Waals surface area contributed by atoms with Crippen LogP contribution in [0.25, 0.3) is 0 Å². The van der Waals surface area contributed by atoms with Gasteiger partial charge in [0, 0.05) is 22.7 Å². The van der Waals surface area contributed by atoms with Gasteiger partial charge in [-0.25, -0.2) is 4.79 Å². The highest BCUT2D eigenvalue weighted by atomic mass is 32.2. The Hall–Kier alpha value is -1.20. The SMILES string of the molecule is CC(C)(C)OC(=O)N1CCC(CO)(Sc2ccccc2)CC1. The van der Waals surface area contributed by atoms with Crippen molar-refractivity contribution >= 4 is 17.9 Å². The average molecular weight is 323 g/mol. The number of hydrogen-bond acceptors (Lipinski definition) is 4. The van der Waals surface area contributed by atoms with E-state index in [2.05, 4.69) is 12.1 Å². The molecule has 1 amide bonds. The Bertz CT molecular complexity index is 490. The maximum absolute atomic E-state index is 12.1. The minimum Gasteiger partial charge on any atom is -0.444 e. The van der Waals surface area contributed by atoms with Gasteiger partial charge in [-0.2, -0.15) is 0 Å². The number of amides is 1. The van der Waals surface area contributed by atoms with Gasteiger partial charge in [-0.1, -0.05) is 18.2 Å². The standard InChI is InChI=1S/C17H25NO3S/c1-16(2,3)21-15(20)18-11-9-17(13-19,10-12-18)22-14-7-5-4-6-8-14/h4-8,19H,9-13H2,1-3H3. The normalized spacial score (nSPS) is 18.1. The fourth-order valence-electron chi connectivity index (χ4n) is 2.45. The van der Waals surface area contributed by atoms with E-state index >= 15 is 0 Å². The minimum atomic E-state index is -0.471. The molecule has 2 rings (SSSR count). The fourth-order valence-corrected chi connectivity index (χ4v) is 3.70. The van der Waals surface area contributed by atoms with Gasteiger partial charge in [-0.3, -0.25) is 0 Å². The first-order valence-corrected chi connectivity index (χ1v) is 8.48. The summed E-state index contributed by atoms with van der Waals surface area (Å²) in [6.07, 6.45) is 1.27. The number of carbonyl (C=O) groups excluding carboxylic acids is 1. The molecule has 122 valence electrons. The van der Waals surface area contributed by atoms with Crippen molar-refractivity contribution in [3.05, 3.63) is 30.3 Å². The smallest absolute Gasteiger partial charge is 0.410 e. The van der Waals surface area contributed by atoms with Crippen molar-refractivity contribution in [2.24, 2.45) is 0 Å². The number of likely N-dealkylation sites (tertiary alicyclic amines) is 1. The Morgan fingerprint density at radius 3 is 2.36 bits per heavy atom. The van der Waals surface area contributed by atoms with Crippen molar-refractivity contribution in [2.75, 3.05) is 19.7 Å². The number of rotatable bonds is 3. The molecule has 22 heavy (non-hydrogen) atoms. The van der Waals surface area contributed by atoms with Crippen molar-refractivity contribution in [1.82, 2.24) is 4.90 Å². The van der Waals surface area contributed by atoms with Gasteiger partial charge in [0.15, 0.2) is 0 Å². The third-order valence-electron chi connectivity index (χ3n) is 3.69. The number of aliphatic hydroxyl groups is 1. The third kappa shape index (κ3) is 4.65. The Morgan fingerprint density at radius 2 is 1.86 bits per heavy atom. The van der Waals surface area contributed by atoms with Crippen molar-refractivity contribution in [3.63, 3.8) is 0 Å². The second-order valence-electron chi connectivity index (χ2n) is 6.72. The Kier molecular flexibility index (Phi) is 5.40. The first-order chi connectivity index (χ1) is 10.3. The van der Waals surface area contributed by atoms with E-state index in [0.29, 0.717) is 13.1 Å². The third-order valence-corrected chi connectivity index (χ3v) is 5.17. The van der Waals surface area contributed by atoms with Gasteiger partial charge in [-0.15, -0.1) is 11.8 Å². The predicted octanol–water partition coefficient (Wildman–Crippen LogP) is 3.54. The molecule has 0 saturated carbocycles. The maximum Gasteiger partial charge on any atom is 0.410 e. The number of aliphatic hydroxyl groups excluding tert-OH is 1. The average Bonchev–Trinajstić information content (AvgIpc) is 2.47. The van der Waals surface area contributed by atoms with E-state index in [1.165, 1.54) is 0 Å². The zero-order valence-electron chi connectivity index (χ0n) is 13.5. The molecule has 4 nitrogen and oxygen atoms in total. The van der Waals surface area contributed by atoms with E-state index in [0.717, 1.165) is 17.7 Å². The molecule has 1 aromatic rings. The van der Waals surface area contributed by atoms with E-state index < -0.39 is 5.60 Å². The summed E-state index contributed by atoms with van der Waals surface area (Å²) in [6.45, 7) is 6.98. The monoisotopic (exact) mass is 323 g/mol. The lowest BCUT2D eigenvalue weighted by molar-refractivity contribution is 0.0179. The highest BCUT2D eigenvalue weighted by Gasteiger charge is 2.37. The van der Waals surface area contributed by atoms with Crippen LogP contribution in [0.3, 0.4) is 0 Å². The number of benzene rings is 1. The Balaban J connectivity index is 1.95. The lowest BCUT2D eigenvalue weighted by atomic mass is 9.97. The van der Waals surface area contributed by atoms with Crippen molar-refractivity contribution in [1.29, 1.82) is 0 Å². The van der Waals surface area contributed by atoms with Crippen LogP contribution >= 0.6 is 11.8 Å². The molecule has 0 unspecified atom stereocenters. The summed E-state index contributed by atoms with van der Waals surface area (Å²) in [4.78, 5) is 15.0. The number of piperidine rings is 1. The van der Waals surface area contributed by atoms with E-state index in [1.54, 1.807) is 16.7 Å². The summed E-state index contributed by atoms with van der Waals surface area (Å²) < 4.78 is 5.21. The molecule has 1 aliphatic heterocycles. The van der Waals surface area contributed by atoms with Gasteiger partial charge in [0.25, 0.3) is 0 Å². The van der Waals surface area contributed by atoms with Crippen molar-refractivity contribution < 1.29 is 14.6 Å². The second kappa shape index (κ2) is 6.92. The van der Waals surface area contributed by atoms with Crippen LogP contribution in [-0.4, -0.2) is 46.1 Å². The summed E-state index contributed by atoms with van der Waals surface area (Å²) in [5, 5.41) is 9.86. The van der Waals surface area contributed by atoms with Crippen LogP contribution in [0.1, 0.15) is 33.6 Å². The van der Waals surface area contributed by atoms with Gasteiger partial charge in [0.1, 0.15) is 5.60 Å². The molecular formula is C17H25NO3S. The quantitative estimate of drug-likeness (QED) is 0.924. The van der Waals surface area contributed by atoms with Crippen LogP contribution in [0.5, 0.6) is 0 Å². The van der Waals surface area contributed by atoms with Crippen LogP contribution in [0.2, 0.25) is 0 Å². The van der Waals surface area contributed by atoms with Crippen LogP contribution in [0.4, 0.5) is 4.79 Å². The van der Waals surface area contributed by atoms with Gasteiger partial charge >= 0.3 is 6.09 Å². The zero-order chi connectivity index (χ0) is 16.2. The topological polar surface area (TPSA) is 49.8 Å². The molecule has 1 aromatic carbocycles. The van der Waals surface area contributed by atoms with Crippen molar-refractivity contribution in [2.45, 2.75) is 48.9 Å². The van der Waals surface area contributed by atoms with Gasteiger partial charge in [-0.05, 0) is 45.7 Å². The molecule has 0 radical (unpaired) electrons. The molecule has 1 heterocycles. The number of thioether (sulfide) groups is 1. The highest BCUT2D eigenvalue weighted by molar-refractivity contribution is 8.00. The van der Waals surface area contributed by atoms with Crippen LogP contribution in [-0.2, 0) is 4.74 Å². The van der Waals surface area contributed by atoms with E-state index in [1.807, 2.05) is 39.0 Å². The summed E-state index contributed by atoms with van der Waals surface area (Å²) in [5.74, 6) is 0. The molecule has 0 atom stereocenters. The van der Waals surface area contributed by atoms with Crippen LogP contribution < -0.4 is 0 Å². The summed E-state index contributed by atoms with van der Waals surface area (Å²) >= 11 is 1.71. The molecule has 0 aliphatic carbocycles. The van der Waals surface area contributed by atoms with Gasteiger partial charge in [0.05, 0.1) is 6.61 Å². The van der Waals surface area contributed by atoms with Gasteiger partial charge in [0.2, 0.25) is 0 Å². The zero-order valence-corrected chi connectivity index (χ0v) is 14.4. The van der Waals surface area contributed by atoms with Crippen LogP contribution in [0, 0.1) is 0 Å². The Morgan fingerprint density at radius 1 is 1.27 bits per heavy atom. The molecule has 0 spiro atoms. The van der Waals surface area contributed by atoms with Crippen LogP contribution in [0.15, 0.2) is 35.2 Å². The molecule has 5 heteroatoms. The number of ether oxygens (including phenoxy) is 1. The largest absolute Gasteiger partial charge is 0.444 e. The first kappa shape index (κ1) is 17.2. The molecule has 1 N–H and O–H groups in total. The summed E-state index contributed by atoms with van der Waals surface area (Å²) in [7, 11) is 0. The number of hydrogen-bond donors (Lipinski definition) is 1. The minimum absolute atomic E-state index is 0.120. The lowest BCUT2D eigenvalue weighted by Gasteiger charge is -2.40. The lowest BCUT2D eigenvalue weighted by Crippen LogP contribution is -2.48. The molecule has 0 aromatic heterocycles. The van der Waals surface area contributed by atoms with E-state index in [4.69, 9.17) is 4.74 Å². The Labute approximate surface area is 136 Å². The molecular weight excluding hydrogens is 298 g/mol. The van der Waals surface area contributed by atoms with E-state index in [9.17, 15) is 9.90 Å². The summed E-state index contributed by atoms with van der Waals surface area (Å²) in [5.41, 5.74) is -0.471. The number of carbonyl (C=O) groups is 1. The first-order valence-electron chi connectivity index (χ1n) is 7.66. The summed E-state index contributed by atoms with van der Waals surface area (Å²) in [6, 6.07) is 10.1. The molecule has 1 aliphatic rings. The predicted molar refractivity (Wildman–Crippen MR) is 89.2 cm³/mol. The molecule has 1 fully saturated rings.